The van der Waals surface area contributed by atoms with E-state index in [-0.39, 0.29) is 36.1 Å². The summed E-state index contributed by atoms with van der Waals surface area (Å²) in [7, 11) is 0. The third-order valence-electron chi connectivity index (χ3n) is 19.8. The molecule has 0 aliphatic carbocycles. The van der Waals surface area contributed by atoms with E-state index in [4.69, 9.17) is 6.42 Å². The zero-order chi connectivity index (χ0) is 67.0. The Balaban J connectivity index is 1.32. The number of unbranched alkanes of at least 4 members (excludes halogenated alkanes) is 28. The first-order valence-electron chi connectivity index (χ1n) is 37.5. The third-order valence-corrected chi connectivity index (χ3v) is 20.9. The second-order valence-electron chi connectivity index (χ2n) is 27.9. The molecule has 2 atom stereocenters. The fourth-order valence-electron chi connectivity index (χ4n) is 14.3. The Morgan fingerprint density at radius 2 is 0.840 bits per heavy atom. The van der Waals surface area contributed by atoms with Crippen LogP contribution in [-0.4, -0.2) is 53.1 Å². The first-order valence-corrected chi connectivity index (χ1v) is 38.3. The first kappa shape index (κ1) is 74.8. The Kier molecular flexibility index (Phi) is 32.4. The van der Waals surface area contributed by atoms with Gasteiger partial charge in [-0.2, -0.15) is 0 Å². The monoisotopic (exact) mass is 1280 g/mol. The zero-order valence-electron chi connectivity index (χ0n) is 59.3. The van der Waals surface area contributed by atoms with Crippen molar-refractivity contribution >= 4 is 57.5 Å². The highest BCUT2D eigenvalue weighted by Gasteiger charge is 2.44. The summed E-state index contributed by atoms with van der Waals surface area (Å²) in [4.78, 5) is 71.2. The van der Waals surface area contributed by atoms with Crippen LogP contribution in [0.15, 0.2) is 58.3 Å². The van der Waals surface area contributed by atoms with Crippen LogP contribution in [0.5, 0.6) is 0 Å². The topological polar surface area (TPSA) is 78.0 Å². The molecule has 0 radical (unpaired) electrons. The van der Waals surface area contributed by atoms with E-state index in [1.165, 1.54) is 162 Å². The number of fused-ring (bicyclic) bond motifs is 2. The molecule has 0 saturated heterocycles. The van der Waals surface area contributed by atoms with Gasteiger partial charge in [0, 0.05) is 57.2 Å². The zero-order valence-corrected chi connectivity index (χ0v) is 60.1. The minimum absolute atomic E-state index is 0.0525. The van der Waals surface area contributed by atoms with Gasteiger partial charge >= 0.3 is 0 Å². The molecule has 3 aliphatic rings. The van der Waals surface area contributed by atoms with Crippen molar-refractivity contribution in [2.24, 2.45) is 11.8 Å². The lowest BCUT2D eigenvalue weighted by Crippen LogP contribution is -2.46. The number of terminal acetylenes is 1. The normalized spacial score (nSPS) is 13.6. The van der Waals surface area contributed by atoms with Crippen molar-refractivity contribution in [3.8, 4) is 70.8 Å². The highest BCUT2D eigenvalue weighted by Crippen LogP contribution is 2.52. The molecule has 94 heavy (non-hydrogen) atoms. The number of benzene rings is 4. The van der Waals surface area contributed by atoms with Crippen LogP contribution in [0.3, 0.4) is 0 Å². The van der Waals surface area contributed by atoms with E-state index >= 15 is 19.2 Å². The quantitative estimate of drug-likeness (QED) is 0.0250. The van der Waals surface area contributed by atoms with Gasteiger partial charge in [-0.3, -0.25) is 29.0 Å². The summed E-state index contributed by atoms with van der Waals surface area (Å²) in [5.74, 6) is 23.1. The first-order chi connectivity index (χ1) is 45.9. The van der Waals surface area contributed by atoms with Crippen molar-refractivity contribution in [3.05, 3.63) is 81.9 Å². The van der Waals surface area contributed by atoms with Crippen LogP contribution in [0.25, 0.3) is 21.9 Å². The van der Waals surface area contributed by atoms with Gasteiger partial charge in [0.2, 0.25) is 0 Å². The minimum Gasteiger partial charge on any atom is -0.340 e. The van der Waals surface area contributed by atoms with Crippen molar-refractivity contribution in [3.63, 3.8) is 0 Å². The van der Waals surface area contributed by atoms with E-state index in [2.05, 4.69) is 150 Å². The summed E-state index contributed by atoms with van der Waals surface area (Å²) in [5.41, 5.74) is 7.21. The Bertz CT molecular complexity index is 3480. The second-order valence-corrected chi connectivity index (χ2v) is 29.0. The predicted octanol–water partition coefficient (Wildman–Crippen LogP) is 23.2. The molecule has 502 valence electrons. The SMILES string of the molecule is C#CC#CC#CC#CC#CC(CCCCCCCCCCCC)CN1C(=O)c2cc(C(C)C)c3c4c(cc(-c5ccc6c(c5)Sc5cc(C(C)C)ccc5N6CCCCCC)c(c24)C1=O)C(=O)N(CC(CCCCCCCCCC)CCCCCCCCCCCC)C3=O. The van der Waals surface area contributed by atoms with Crippen molar-refractivity contribution in [2.45, 2.75) is 302 Å². The van der Waals surface area contributed by atoms with Crippen LogP contribution in [0, 0.1) is 71.5 Å². The maximum atomic E-state index is 16.1. The molecule has 2 unspecified atom stereocenters. The molecule has 3 aliphatic heterocycles. The molecular formula is C86H113N3O4S. The van der Waals surface area contributed by atoms with Crippen LogP contribution in [0.2, 0.25) is 0 Å². The molecule has 3 heterocycles. The largest absolute Gasteiger partial charge is 0.340 e. The van der Waals surface area contributed by atoms with E-state index in [0.717, 1.165) is 105 Å². The maximum absolute atomic E-state index is 16.1. The molecule has 4 aromatic carbocycles. The lowest BCUT2D eigenvalue weighted by Gasteiger charge is -2.36. The third kappa shape index (κ3) is 21.2. The number of carbonyl (C=O) groups is 4. The van der Waals surface area contributed by atoms with Crippen LogP contribution < -0.4 is 4.90 Å². The number of nitrogens with zero attached hydrogens (tertiary/aromatic N) is 3. The summed E-state index contributed by atoms with van der Waals surface area (Å²) in [6.07, 6.45) is 46.5. The Morgan fingerprint density at radius 1 is 0.404 bits per heavy atom. The molecule has 7 nitrogen and oxygen atoms in total. The molecule has 4 amide bonds. The standard InChI is InChI=1S/C86H113N3O4S/c1-10-15-20-25-29-33-35-39-43-47-51-67(50-45-41-37-31-27-22-17-12-3)63-88-84(91)74-62-72(70-55-57-76-78(60-70)94-77-59-69(65(6)7)54-56-75(77)87(76)58-49-24-19-14-5)82-80-73(61-71(66(8)9)81(79(74)80)85(88)92)83(90)89(86(82)93)64-68(52-46-42-38-32-28-23-18-13-4)53-48-44-40-36-34-30-26-21-16-11-2/h4,54-57,59-62,65-68H,10-12,14-17,19-22,24-27,29-31,33-37,39-41,43-45,47-51,53,58,63-64H2,1-3,5-9H3. The van der Waals surface area contributed by atoms with Crippen molar-refractivity contribution in [1.29, 1.82) is 0 Å². The van der Waals surface area contributed by atoms with Crippen LogP contribution >= 0.6 is 11.8 Å². The molecule has 0 spiro atoms. The van der Waals surface area contributed by atoms with Gasteiger partial charge in [0.1, 0.15) is 0 Å². The average Bonchev–Trinajstić information content (AvgIpc) is 0.696. The summed E-state index contributed by atoms with van der Waals surface area (Å²) >= 11 is 1.75. The van der Waals surface area contributed by atoms with Crippen LogP contribution in [0.4, 0.5) is 11.4 Å². The number of hydrogen-bond acceptors (Lipinski definition) is 6. The van der Waals surface area contributed by atoms with Crippen molar-refractivity contribution < 1.29 is 19.2 Å². The number of anilines is 2. The minimum atomic E-state index is -0.444. The summed E-state index contributed by atoms with van der Waals surface area (Å²) in [6, 6.07) is 17.2. The number of amides is 4. The summed E-state index contributed by atoms with van der Waals surface area (Å²) < 4.78 is 0. The van der Waals surface area contributed by atoms with Gasteiger partial charge in [0.25, 0.3) is 23.6 Å². The van der Waals surface area contributed by atoms with Crippen LogP contribution in [0.1, 0.15) is 345 Å². The van der Waals surface area contributed by atoms with Gasteiger partial charge in [-0.25, -0.2) is 0 Å². The molecule has 7 rings (SSSR count). The van der Waals surface area contributed by atoms with Crippen molar-refractivity contribution in [2.75, 3.05) is 24.5 Å². The van der Waals surface area contributed by atoms with Gasteiger partial charge in [-0.15, -0.1) is 6.42 Å². The Hall–Kier alpha value is -6.63. The average molecular weight is 1280 g/mol. The predicted molar refractivity (Wildman–Crippen MR) is 397 cm³/mol. The van der Waals surface area contributed by atoms with E-state index in [9.17, 15) is 0 Å². The van der Waals surface area contributed by atoms with Crippen molar-refractivity contribution in [1.82, 2.24) is 9.80 Å². The number of carbonyl (C=O) groups excluding carboxylic acids is 4. The van der Waals surface area contributed by atoms with Gasteiger partial charge < -0.3 is 4.90 Å². The van der Waals surface area contributed by atoms with E-state index in [1.54, 1.807) is 16.7 Å². The molecule has 8 heteroatoms. The highest BCUT2D eigenvalue weighted by molar-refractivity contribution is 7.99. The van der Waals surface area contributed by atoms with E-state index in [0.29, 0.717) is 57.5 Å². The summed E-state index contributed by atoms with van der Waals surface area (Å²) in [6.45, 7) is 18.9. The van der Waals surface area contributed by atoms with Gasteiger partial charge in [-0.1, -0.05) is 284 Å². The van der Waals surface area contributed by atoms with Crippen LogP contribution in [-0.2, 0) is 0 Å². The number of imide groups is 2. The van der Waals surface area contributed by atoms with Gasteiger partial charge in [0.05, 0.1) is 22.5 Å². The van der Waals surface area contributed by atoms with E-state index < -0.39 is 11.8 Å². The van der Waals surface area contributed by atoms with Gasteiger partial charge in [0.15, 0.2) is 0 Å². The number of rotatable bonds is 43. The number of hydrogen-bond donors (Lipinski definition) is 0. The Labute approximate surface area is 574 Å². The molecule has 0 bridgehead atoms. The fraction of sp³-hybridized carbons (Fsp3) is 0.581. The molecule has 0 saturated carbocycles. The Morgan fingerprint density at radius 3 is 1.36 bits per heavy atom. The van der Waals surface area contributed by atoms with E-state index in [1.807, 2.05) is 12.1 Å². The fourth-order valence-corrected chi connectivity index (χ4v) is 15.5. The molecule has 4 aromatic rings. The lowest BCUT2D eigenvalue weighted by molar-refractivity contribution is 0.0562. The molecule has 0 N–H and O–H groups in total. The maximum Gasteiger partial charge on any atom is 0.262 e. The highest BCUT2D eigenvalue weighted by atomic mass is 32.2. The lowest BCUT2D eigenvalue weighted by atomic mass is 9.78. The smallest absolute Gasteiger partial charge is 0.262 e. The molecule has 0 fully saturated rings. The van der Waals surface area contributed by atoms with Gasteiger partial charge in [-0.05, 0) is 149 Å². The molecule has 0 aromatic heterocycles. The molecular weight excluding hydrogens is 1170 g/mol. The second kappa shape index (κ2) is 40.7. The summed E-state index contributed by atoms with van der Waals surface area (Å²) in [5, 5.41) is 0.845.